The molecule has 0 aliphatic carbocycles. The van der Waals surface area contributed by atoms with Gasteiger partial charge in [0.1, 0.15) is 0 Å². The van der Waals surface area contributed by atoms with Crippen LogP contribution in [-0.4, -0.2) is 5.75 Å². The van der Waals surface area contributed by atoms with Crippen molar-refractivity contribution in [1.29, 1.82) is 0 Å². The average molecular weight is 257 g/mol. The van der Waals surface area contributed by atoms with Gasteiger partial charge in [-0.3, -0.25) is 0 Å². The molecule has 0 bridgehead atoms. The van der Waals surface area contributed by atoms with E-state index in [9.17, 15) is 0 Å². The zero-order valence-corrected chi connectivity index (χ0v) is 11.7. The molecule has 0 fully saturated rings. The highest BCUT2D eigenvalue weighted by Crippen LogP contribution is 2.24. The second-order valence-corrected chi connectivity index (χ2v) is 5.74. The van der Waals surface area contributed by atoms with Crippen molar-refractivity contribution in [1.82, 2.24) is 0 Å². The second-order valence-electron chi connectivity index (χ2n) is 4.64. The lowest BCUT2D eigenvalue weighted by atomic mass is 10.1. The summed E-state index contributed by atoms with van der Waals surface area (Å²) in [4.78, 5) is 1.28. The lowest BCUT2D eigenvalue weighted by molar-refractivity contribution is 0.830. The van der Waals surface area contributed by atoms with E-state index < -0.39 is 0 Å². The summed E-state index contributed by atoms with van der Waals surface area (Å²) in [5.74, 6) is 0.909. The van der Waals surface area contributed by atoms with Crippen LogP contribution in [0.5, 0.6) is 0 Å². The summed E-state index contributed by atoms with van der Waals surface area (Å²) in [6.45, 7) is 4.20. The van der Waals surface area contributed by atoms with Crippen LogP contribution in [0.25, 0.3) is 0 Å². The molecular weight excluding hydrogens is 238 g/mol. The van der Waals surface area contributed by atoms with E-state index >= 15 is 0 Å². The topological polar surface area (TPSA) is 26.0 Å². The van der Waals surface area contributed by atoms with Crippen molar-refractivity contribution < 1.29 is 0 Å². The van der Waals surface area contributed by atoms with Crippen LogP contribution >= 0.6 is 11.8 Å². The fourth-order valence-electron chi connectivity index (χ4n) is 1.82. The van der Waals surface area contributed by atoms with Crippen molar-refractivity contribution in [2.45, 2.75) is 24.8 Å². The van der Waals surface area contributed by atoms with Gasteiger partial charge in [-0.05, 0) is 31.5 Å². The van der Waals surface area contributed by atoms with E-state index in [2.05, 4.69) is 62.4 Å². The fourth-order valence-corrected chi connectivity index (χ4v) is 2.71. The molecule has 0 spiro atoms. The van der Waals surface area contributed by atoms with Gasteiger partial charge < -0.3 is 5.73 Å². The molecule has 1 atom stereocenters. The van der Waals surface area contributed by atoms with E-state index in [0.29, 0.717) is 0 Å². The molecule has 0 aliphatic rings. The Kier molecular flexibility index (Phi) is 4.45. The molecule has 0 heterocycles. The van der Waals surface area contributed by atoms with Crippen LogP contribution in [0.1, 0.15) is 22.7 Å². The summed E-state index contributed by atoms with van der Waals surface area (Å²) in [6, 6.07) is 17.1. The van der Waals surface area contributed by atoms with Gasteiger partial charge in [0.15, 0.2) is 0 Å². The first-order valence-corrected chi connectivity index (χ1v) is 7.15. The summed E-state index contributed by atoms with van der Waals surface area (Å²) < 4.78 is 0. The molecule has 0 aromatic heterocycles. The van der Waals surface area contributed by atoms with Crippen molar-refractivity contribution in [2.75, 3.05) is 5.75 Å². The number of hydrogen-bond acceptors (Lipinski definition) is 2. The summed E-state index contributed by atoms with van der Waals surface area (Å²) in [5, 5.41) is 0. The maximum Gasteiger partial charge on any atom is 0.0390 e. The van der Waals surface area contributed by atoms with Crippen LogP contribution in [0.4, 0.5) is 0 Å². The minimum atomic E-state index is 0.0937. The number of rotatable bonds is 4. The van der Waals surface area contributed by atoms with Gasteiger partial charge in [-0.15, -0.1) is 11.8 Å². The Bertz CT molecular complexity index is 505. The molecular formula is C16H19NS. The van der Waals surface area contributed by atoms with Crippen LogP contribution in [0.3, 0.4) is 0 Å². The predicted molar refractivity (Wildman–Crippen MR) is 80.0 cm³/mol. The van der Waals surface area contributed by atoms with Crippen LogP contribution in [0, 0.1) is 13.8 Å². The Balaban J connectivity index is 1.96. The van der Waals surface area contributed by atoms with Gasteiger partial charge in [0.25, 0.3) is 0 Å². The van der Waals surface area contributed by atoms with Crippen molar-refractivity contribution in [3.05, 3.63) is 65.2 Å². The van der Waals surface area contributed by atoms with Crippen molar-refractivity contribution in [3.63, 3.8) is 0 Å². The van der Waals surface area contributed by atoms with Gasteiger partial charge in [0, 0.05) is 16.7 Å². The monoisotopic (exact) mass is 257 g/mol. The minimum absolute atomic E-state index is 0.0937. The van der Waals surface area contributed by atoms with Crippen LogP contribution in [-0.2, 0) is 0 Å². The Morgan fingerprint density at radius 3 is 2.39 bits per heavy atom. The number of nitrogens with two attached hydrogens (primary N) is 1. The van der Waals surface area contributed by atoms with Crippen molar-refractivity contribution in [3.8, 4) is 0 Å². The summed E-state index contributed by atoms with van der Waals surface area (Å²) in [6.07, 6.45) is 0. The largest absolute Gasteiger partial charge is 0.323 e. The first-order chi connectivity index (χ1) is 8.65. The maximum atomic E-state index is 6.22. The highest BCUT2D eigenvalue weighted by Gasteiger charge is 2.06. The first-order valence-electron chi connectivity index (χ1n) is 6.17. The van der Waals surface area contributed by atoms with Gasteiger partial charge in [-0.2, -0.15) is 0 Å². The summed E-state index contributed by atoms with van der Waals surface area (Å²) in [7, 11) is 0. The number of hydrogen-bond donors (Lipinski definition) is 1. The predicted octanol–water partition coefficient (Wildman–Crippen LogP) is 4.10. The number of aryl methyl sites for hydroxylation is 2. The van der Waals surface area contributed by atoms with Crippen molar-refractivity contribution >= 4 is 11.8 Å². The summed E-state index contributed by atoms with van der Waals surface area (Å²) in [5.41, 5.74) is 10.00. The molecule has 0 amide bonds. The molecule has 0 saturated carbocycles. The molecule has 2 heteroatoms. The van der Waals surface area contributed by atoms with Gasteiger partial charge in [0.05, 0.1) is 0 Å². The Labute approximate surface area is 113 Å². The third-order valence-electron chi connectivity index (χ3n) is 2.92. The third-order valence-corrected chi connectivity index (χ3v) is 4.05. The Morgan fingerprint density at radius 2 is 1.72 bits per heavy atom. The SMILES string of the molecule is Cc1ccc(SCC(N)c2cccc(C)c2)cc1. The molecule has 2 N–H and O–H groups in total. The van der Waals surface area contributed by atoms with Gasteiger partial charge >= 0.3 is 0 Å². The minimum Gasteiger partial charge on any atom is -0.323 e. The summed E-state index contributed by atoms with van der Waals surface area (Å²) >= 11 is 1.81. The standard InChI is InChI=1S/C16H19NS/c1-12-6-8-15(9-7-12)18-11-16(17)14-5-3-4-13(2)10-14/h3-10,16H,11,17H2,1-2H3. The maximum absolute atomic E-state index is 6.22. The number of thioether (sulfide) groups is 1. The molecule has 2 aromatic rings. The quantitative estimate of drug-likeness (QED) is 0.835. The van der Waals surface area contributed by atoms with E-state index in [4.69, 9.17) is 5.73 Å². The number of benzene rings is 2. The molecule has 2 rings (SSSR count). The third kappa shape index (κ3) is 3.62. The average Bonchev–Trinajstić information content (AvgIpc) is 2.38. The van der Waals surface area contributed by atoms with Crippen LogP contribution in [0.2, 0.25) is 0 Å². The zero-order chi connectivity index (χ0) is 13.0. The fraction of sp³-hybridized carbons (Fsp3) is 0.250. The van der Waals surface area contributed by atoms with E-state index in [1.807, 2.05) is 11.8 Å². The van der Waals surface area contributed by atoms with E-state index in [1.54, 1.807) is 0 Å². The van der Waals surface area contributed by atoms with E-state index in [-0.39, 0.29) is 6.04 Å². The lowest BCUT2D eigenvalue weighted by Gasteiger charge is -2.12. The smallest absolute Gasteiger partial charge is 0.0390 e. The van der Waals surface area contributed by atoms with Gasteiger partial charge in [-0.1, -0.05) is 47.5 Å². The van der Waals surface area contributed by atoms with Gasteiger partial charge in [0.2, 0.25) is 0 Å². The van der Waals surface area contributed by atoms with Crippen LogP contribution in [0.15, 0.2) is 53.4 Å². The molecule has 0 radical (unpaired) electrons. The Hall–Kier alpha value is -1.25. The molecule has 0 saturated heterocycles. The lowest BCUT2D eigenvalue weighted by Crippen LogP contribution is -2.12. The highest BCUT2D eigenvalue weighted by molar-refractivity contribution is 7.99. The van der Waals surface area contributed by atoms with E-state index in [1.165, 1.54) is 21.6 Å². The van der Waals surface area contributed by atoms with Gasteiger partial charge in [-0.25, -0.2) is 0 Å². The second kappa shape index (κ2) is 6.07. The molecule has 94 valence electrons. The highest BCUT2D eigenvalue weighted by atomic mass is 32.2. The van der Waals surface area contributed by atoms with Crippen molar-refractivity contribution in [2.24, 2.45) is 5.73 Å². The Morgan fingerprint density at radius 1 is 1.00 bits per heavy atom. The molecule has 18 heavy (non-hydrogen) atoms. The molecule has 1 unspecified atom stereocenters. The van der Waals surface area contributed by atoms with Crippen LogP contribution < -0.4 is 5.73 Å². The molecule has 1 nitrogen and oxygen atoms in total. The molecule has 0 aliphatic heterocycles. The molecule has 2 aromatic carbocycles. The normalized spacial score (nSPS) is 12.4. The van der Waals surface area contributed by atoms with E-state index in [0.717, 1.165) is 5.75 Å². The zero-order valence-electron chi connectivity index (χ0n) is 10.9. The first kappa shape index (κ1) is 13.2.